The summed E-state index contributed by atoms with van der Waals surface area (Å²) in [6, 6.07) is 14.3. The summed E-state index contributed by atoms with van der Waals surface area (Å²) >= 11 is 1.51. The van der Waals surface area contributed by atoms with Gasteiger partial charge in [-0.1, -0.05) is 48.9 Å². The Hall–Kier alpha value is -2.24. The van der Waals surface area contributed by atoms with Crippen molar-refractivity contribution in [1.29, 1.82) is 0 Å². The fourth-order valence-corrected chi connectivity index (χ4v) is 4.28. The van der Waals surface area contributed by atoms with E-state index in [0.717, 1.165) is 41.7 Å². The van der Waals surface area contributed by atoms with Crippen LogP contribution in [0.2, 0.25) is 0 Å². The topological polar surface area (TPSA) is 45.2 Å². The molecular formula is C21H23N3OS. The van der Waals surface area contributed by atoms with Crippen LogP contribution in [0.5, 0.6) is 0 Å². The highest BCUT2D eigenvalue weighted by atomic mass is 32.1. The number of nitrogens with one attached hydrogen (secondary N) is 1. The highest BCUT2D eigenvalue weighted by molar-refractivity contribution is 7.13. The third-order valence-corrected chi connectivity index (χ3v) is 5.67. The molecule has 0 spiro atoms. The van der Waals surface area contributed by atoms with Crippen molar-refractivity contribution < 1.29 is 4.79 Å². The molecule has 26 heavy (non-hydrogen) atoms. The first-order chi connectivity index (χ1) is 12.8. The number of nitrogens with zero attached hydrogens (tertiary/aromatic N) is 2. The van der Waals surface area contributed by atoms with Crippen molar-refractivity contribution >= 4 is 33.1 Å². The average Bonchev–Trinajstić information content (AvgIpc) is 3.09. The Bertz CT molecular complexity index is 894. The molecule has 1 aliphatic rings. The Balaban J connectivity index is 1.39. The van der Waals surface area contributed by atoms with Crippen molar-refractivity contribution in [3.63, 3.8) is 0 Å². The van der Waals surface area contributed by atoms with Crippen LogP contribution >= 0.6 is 11.3 Å². The normalized spacial score (nSPS) is 15.2. The number of benzene rings is 2. The van der Waals surface area contributed by atoms with E-state index in [1.54, 1.807) is 0 Å². The molecule has 0 aliphatic carbocycles. The van der Waals surface area contributed by atoms with Gasteiger partial charge < -0.3 is 5.32 Å². The minimum atomic E-state index is -0.0137. The van der Waals surface area contributed by atoms with E-state index in [4.69, 9.17) is 0 Å². The number of carbonyl (C=O) groups excluding carboxylic acids is 1. The molecule has 0 atom stereocenters. The van der Waals surface area contributed by atoms with E-state index in [0.29, 0.717) is 11.6 Å². The minimum absolute atomic E-state index is 0.0137. The zero-order valence-corrected chi connectivity index (χ0v) is 15.6. The lowest BCUT2D eigenvalue weighted by molar-refractivity contribution is -0.115. The van der Waals surface area contributed by atoms with Crippen LogP contribution in [0.4, 0.5) is 5.13 Å². The second-order valence-corrected chi connectivity index (χ2v) is 7.70. The molecule has 0 radical (unpaired) electrons. The third kappa shape index (κ3) is 4.11. The Morgan fingerprint density at radius 3 is 2.77 bits per heavy atom. The summed E-state index contributed by atoms with van der Waals surface area (Å²) in [5.74, 6) is -0.0137. The van der Waals surface area contributed by atoms with E-state index >= 15 is 0 Å². The van der Waals surface area contributed by atoms with Crippen LogP contribution in [0.3, 0.4) is 0 Å². The summed E-state index contributed by atoms with van der Waals surface area (Å²) in [5, 5.41) is 8.01. The Labute approximate surface area is 157 Å². The molecule has 2 aromatic carbocycles. The Kier molecular flexibility index (Phi) is 5.27. The van der Waals surface area contributed by atoms with Gasteiger partial charge in [0.25, 0.3) is 0 Å². The highest BCUT2D eigenvalue weighted by Crippen LogP contribution is 2.21. The monoisotopic (exact) mass is 365 g/mol. The summed E-state index contributed by atoms with van der Waals surface area (Å²) in [7, 11) is 0. The number of carbonyl (C=O) groups is 1. The third-order valence-electron chi connectivity index (χ3n) is 4.86. The van der Waals surface area contributed by atoms with Crippen molar-refractivity contribution in [1.82, 2.24) is 9.88 Å². The summed E-state index contributed by atoms with van der Waals surface area (Å²) < 4.78 is 0. The first kappa shape index (κ1) is 17.2. The van der Waals surface area contributed by atoms with Gasteiger partial charge in [0, 0.05) is 11.9 Å². The number of rotatable bonds is 5. The predicted octanol–water partition coefficient (Wildman–Crippen LogP) is 4.46. The van der Waals surface area contributed by atoms with Crippen LogP contribution in [0, 0.1) is 0 Å². The number of hydrogen-bond acceptors (Lipinski definition) is 4. The minimum Gasteiger partial charge on any atom is -0.302 e. The van der Waals surface area contributed by atoms with Gasteiger partial charge in [-0.3, -0.25) is 9.69 Å². The van der Waals surface area contributed by atoms with E-state index < -0.39 is 0 Å². The average molecular weight is 366 g/mol. The van der Waals surface area contributed by atoms with E-state index in [2.05, 4.69) is 38.8 Å². The lowest BCUT2D eigenvalue weighted by atomic mass is 10.0. The van der Waals surface area contributed by atoms with Crippen LogP contribution in [-0.4, -0.2) is 28.9 Å². The number of amides is 1. The molecule has 1 saturated heterocycles. The fourth-order valence-electron chi connectivity index (χ4n) is 3.57. The van der Waals surface area contributed by atoms with Gasteiger partial charge >= 0.3 is 0 Å². The molecule has 5 heteroatoms. The number of likely N-dealkylation sites (tertiary alicyclic amines) is 1. The van der Waals surface area contributed by atoms with E-state index in [9.17, 15) is 4.79 Å². The quantitative estimate of drug-likeness (QED) is 0.726. The molecule has 1 aliphatic heterocycles. The van der Waals surface area contributed by atoms with Gasteiger partial charge in [0.05, 0.1) is 12.1 Å². The summed E-state index contributed by atoms with van der Waals surface area (Å²) in [4.78, 5) is 19.5. The maximum absolute atomic E-state index is 12.5. The molecule has 0 unspecified atom stereocenters. The van der Waals surface area contributed by atoms with Crippen LogP contribution in [-0.2, 0) is 17.8 Å². The SMILES string of the molecule is O=C(Cc1cccc2ccccc12)Nc1nc(CN2CCCCC2)cs1. The molecule has 1 amide bonds. The van der Waals surface area contributed by atoms with E-state index in [1.807, 2.05) is 24.3 Å². The molecule has 0 saturated carbocycles. The van der Waals surface area contributed by atoms with Gasteiger partial charge in [-0.2, -0.15) is 0 Å². The predicted molar refractivity (Wildman–Crippen MR) is 108 cm³/mol. The molecule has 1 aromatic heterocycles. The number of aromatic nitrogens is 1. The molecule has 1 fully saturated rings. The number of thiazole rings is 1. The molecule has 4 nitrogen and oxygen atoms in total. The first-order valence-electron chi connectivity index (χ1n) is 9.21. The lowest BCUT2D eigenvalue weighted by Gasteiger charge is -2.25. The van der Waals surface area contributed by atoms with Gasteiger partial charge in [0.15, 0.2) is 5.13 Å². The van der Waals surface area contributed by atoms with Crippen molar-refractivity contribution in [3.8, 4) is 0 Å². The summed E-state index contributed by atoms with van der Waals surface area (Å²) in [5.41, 5.74) is 2.10. The second kappa shape index (κ2) is 7.98. The van der Waals surface area contributed by atoms with Gasteiger partial charge in [-0.05, 0) is 42.3 Å². The summed E-state index contributed by atoms with van der Waals surface area (Å²) in [6.45, 7) is 3.19. The van der Waals surface area contributed by atoms with Crippen molar-refractivity contribution in [2.75, 3.05) is 18.4 Å². The highest BCUT2D eigenvalue weighted by Gasteiger charge is 2.13. The summed E-state index contributed by atoms with van der Waals surface area (Å²) in [6.07, 6.45) is 4.25. The molecular weight excluding hydrogens is 342 g/mol. The number of hydrogen-bond donors (Lipinski definition) is 1. The zero-order chi connectivity index (χ0) is 17.8. The molecule has 0 bridgehead atoms. The van der Waals surface area contributed by atoms with Crippen LogP contribution in [0.25, 0.3) is 10.8 Å². The van der Waals surface area contributed by atoms with Crippen LogP contribution < -0.4 is 5.32 Å². The molecule has 1 N–H and O–H groups in total. The smallest absolute Gasteiger partial charge is 0.230 e. The van der Waals surface area contributed by atoms with Crippen LogP contribution in [0.1, 0.15) is 30.5 Å². The number of anilines is 1. The molecule has 134 valence electrons. The van der Waals surface area contributed by atoms with Crippen molar-refractivity contribution in [2.45, 2.75) is 32.2 Å². The molecule has 3 aromatic rings. The molecule has 4 rings (SSSR count). The Morgan fingerprint density at radius 1 is 1.08 bits per heavy atom. The first-order valence-corrected chi connectivity index (χ1v) is 10.1. The maximum Gasteiger partial charge on any atom is 0.230 e. The van der Waals surface area contributed by atoms with Gasteiger partial charge in [0.1, 0.15) is 0 Å². The largest absolute Gasteiger partial charge is 0.302 e. The molecule has 2 heterocycles. The lowest BCUT2D eigenvalue weighted by Crippen LogP contribution is -2.29. The fraction of sp³-hybridized carbons (Fsp3) is 0.333. The van der Waals surface area contributed by atoms with Crippen molar-refractivity contribution in [2.24, 2.45) is 0 Å². The van der Waals surface area contributed by atoms with E-state index in [-0.39, 0.29) is 5.91 Å². The van der Waals surface area contributed by atoms with Gasteiger partial charge in [0.2, 0.25) is 5.91 Å². The van der Waals surface area contributed by atoms with Gasteiger partial charge in [-0.15, -0.1) is 11.3 Å². The maximum atomic E-state index is 12.5. The van der Waals surface area contributed by atoms with E-state index in [1.165, 1.54) is 30.6 Å². The number of fused-ring (bicyclic) bond motifs is 1. The van der Waals surface area contributed by atoms with Crippen molar-refractivity contribution in [3.05, 3.63) is 59.1 Å². The van der Waals surface area contributed by atoms with Gasteiger partial charge in [-0.25, -0.2) is 4.98 Å². The van der Waals surface area contributed by atoms with Crippen LogP contribution in [0.15, 0.2) is 47.8 Å². The standard InChI is InChI=1S/C21H23N3OS/c25-20(13-17-9-6-8-16-7-2-3-10-19(16)17)23-21-22-18(15-26-21)14-24-11-4-1-5-12-24/h2-3,6-10,15H,1,4-5,11-14H2,(H,22,23,25). The zero-order valence-electron chi connectivity index (χ0n) is 14.8. The number of piperidine rings is 1. The second-order valence-electron chi connectivity index (χ2n) is 6.84. The Morgan fingerprint density at radius 2 is 1.88 bits per heavy atom.